The topological polar surface area (TPSA) is 73.6 Å². The Bertz CT molecular complexity index is 1080. The van der Waals surface area contributed by atoms with Crippen molar-refractivity contribution < 1.29 is 17.0 Å². The molecular weight excluding hydrogens is 328 g/mol. The lowest BCUT2D eigenvalue weighted by molar-refractivity contribution is 0.485. The molecule has 4 rings (SSSR count). The van der Waals surface area contributed by atoms with E-state index in [9.17, 15) is 13.2 Å². The molecule has 0 N–H and O–H groups in total. The molecule has 1 aromatic heterocycles. The molecule has 1 aliphatic rings. The zero-order valence-corrected chi connectivity index (χ0v) is 13.5. The van der Waals surface area contributed by atoms with Gasteiger partial charge in [0.05, 0.1) is 0 Å². The summed E-state index contributed by atoms with van der Waals surface area (Å²) in [5, 5.41) is 0.839. The van der Waals surface area contributed by atoms with Gasteiger partial charge < -0.3 is 8.60 Å². The van der Waals surface area contributed by atoms with Crippen molar-refractivity contribution in [2.75, 3.05) is 0 Å². The smallest absolute Gasteiger partial charge is 0.339 e. The molecule has 3 aromatic rings. The van der Waals surface area contributed by atoms with Crippen molar-refractivity contribution in [1.82, 2.24) is 0 Å². The van der Waals surface area contributed by atoms with E-state index in [0.29, 0.717) is 5.58 Å². The first-order valence-corrected chi connectivity index (χ1v) is 9.03. The summed E-state index contributed by atoms with van der Waals surface area (Å²) in [6.07, 6.45) is 2.49. The molecule has 0 radical (unpaired) electrons. The van der Waals surface area contributed by atoms with Crippen LogP contribution in [0.1, 0.15) is 17.5 Å². The fourth-order valence-electron chi connectivity index (χ4n) is 3.08. The predicted molar refractivity (Wildman–Crippen MR) is 88.8 cm³/mol. The third kappa shape index (κ3) is 2.49. The van der Waals surface area contributed by atoms with Crippen molar-refractivity contribution in [2.45, 2.75) is 24.2 Å². The Morgan fingerprint density at radius 1 is 0.958 bits per heavy atom. The lowest BCUT2D eigenvalue weighted by Gasteiger charge is -2.09. The Hall–Kier alpha value is -2.60. The van der Waals surface area contributed by atoms with Crippen LogP contribution in [0.15, 0.2) is 62.6 Å². The van der Waals surface area contributed by atoms with Crippen LogP contribution in [0.5, 0.6) is 5.75 Å². The Morgan fingerprint density at radius 2 is 1.71 bits per heavy atom. The number of hydrogen-bond donors (Lipinski definition) is 0. The van der Waals surface area contributed by atoms with E-state index in [0.717, 1.165) is 35.8 Å². The van der Waals surface area contributed by atoms with Crippen LogP contribution in [0.2, 0.25) is 0 Å². The van der Waals surface area contributed by atoms with Crippen molar-refractivity contribution in [3.05, 3.63) is 70.1 Å². The Kier molecular flexibility index (Phi) is 3.42. The quantitative estimate of drug-likeness (QED) is 0.540. The molecule has 0 saturated heterocycles. The van der Waals surface area contributed by atoms with Crippen LogP contribution in [-0.4, -0.2) is 8.42 Å². The average Bonchev–Trinajstić information content (AvgIpc) is 3.06. The number of rotatable bonds is 3. The second kappa shape index (κ2) is 5.49. The first-order valence-electron chi connectivity index (χ1n) is 7.63. The highest BCUT2D eigenvalue weighted by Crippen LogP contribution is 2.30. The lowest BCUT2D eigenvalue weighted by Crippen LogP contribution is -2.10. The van der Waals surface area contributed by atoms with Gasteiger partial charge in [0.2, 0.25) is 0 Å². The molecule has 122 valence electrons. The van der Waals surface area contributed by atoms with E-state index in [4.69, 9.17) is 8.60 Å². The van der Waals surface area contributed by atoms with Crippen molar-refractivity contribution in [3.8, 4) is 5.75 Å². The van der Waals surface area contributed by atoms with Gasteiger partial charge in [-0.3, -0.25) is 0 Å². The molecule has 1 heterocycles. The van der Waals surface area contributed by atoms with Crippen molar-refractivity contribution in [3.63, 3.8) is 0 Å². The van der Waals surface area contributed by atoms with Crippen molar-refractivity contribution in [2.24, 2.45) is 0 Å². The number of aryl methyl sites for hydroxylation is 1. The Labute approximate surface area is 138 Å². The highest BCUT2D eigenvalue weighted by molar-refractivity contribution is 7.87. The maximum absolute atomic E-state index is 12.3. The normalized spacial score (nSPS) is 13.8. The molecule has 6 heteroatoms. The van der Waals surface area contributed by atoms with Crippen LogP contribution in [0.4, 0.5) is 0 Å². The summed E-state index contributed by atoms with van der Waals surface area (Å²) >= 11 is 0. The van der Waals surface area contributed by atoms with E-state index in [-0.39, 0.29) is 16.3 Å². The maximum Gasteiger partial charge on any atom is 0.339 e. The van der Waals surface area contributed by atoms with Crippen LogP contribution >= 0.6 is 0 Å². The largest absolute Gasteiger partial charge is 0.422 e. The highest BCUT2D eigenvalue weighted by atomic mass is 32.2. The van der Waals surface area contributed by atoms with E-state index < -0.39 is 10.1 Å². The van der Waals surface area contributed by atoms with Gasteiger partial charge in [-0.2, -0.15) is 8.42 Å². The first kappa shape index (κ1) is 15.0. The van der Waals surface area contributed by atoms with Gasteiger partial charge in [-0.05, 0) is 49.1 Å². The van der Waals surface area contributed by atoms with Crippen LogP contribution in [0.3, 0.4) is 0 Å². The summed E-state index contributed by atoms with van der Waals surface area (Å²) in [5.74, 6) is 0.118. The SMILES string of the molecule is O=c1oc2cc(OS(=O)(=O)c3ccccc3)ccc2c2c1CCC2. The first-order chi connectivity index (χ1) is 11.5. The fourth-order valence-corrected chi connectivity index (χ4v) is 4.02. The standard InChI is InChI=1S/C18H14O5S/c19-18-16-8-4-7-14(16)15-10-9-12(11-17(15)22-18)23-24(20,21)13-5-2-1-3-6-13/h1-3,5-6,9-11H,4,7-8H2. The fraction of sp³-hybridized carbons (Fsp3) is 0.167. The third-order valence-corrected chi connectivity index (χ3v) is 5.44. The van der Waals surface area contributed by atoms with Gasteiger partial charge in [-0.1, -0.05) is 18.2 Å². The van der Waals surface area contributed by atoms with Gasteiger partial charge in [0.15, 0.2) is 0 Å². The van der Waals surface area contributed by atoms with E-state index in [1.54, 1.807) is 30.3 Å². The molecular formula is C18H14O5S. The van der Waals surface area contributed by atoms with Gasteiger partial charge in [0.25, 0.3) is 0 Å². The molecule has 0 aliphatic heterocycles. The maximum atomic E-state index is 12.3. The molecule has 5 nitrogen and oxygen atoms in total. The van der Waals surface area contributed by atoms with Crippen LogP contribution in [0.25, 0.3) is 11.0 Å². The second-order valence-corrected chi connectivity index (χ2v) is 7.25. The summed E-state index contributed by atoms with van der Waals surface area (Å²) in [7, 11) is -3.92. The zero-order valence-electron chi connectivity index (χ0n) is 12.7. The van der Waals surface area contributed by atoms with Crippen molar-refractivity contribution in [1.29, 1.82) is 0 Å². The monoisotopic (exact) mass is 342 g/mol. The molecule has 0 atom stereocenters. The van der Waals surface area contributed by atoms with Crippen LogP contribution < -0.4 is 9.81 Å². The summed E-state index contributed by atoms with van der Waals surface area (Å²) in [6, 6.07) is 12.7. The van der Waals surface area contributed by atoms with E-state index >= 15 is 0 Å². The molecule has 0 fully saturated rings. The summed E-state index contributed by atoms with van der Waals surface area (Å²) in [6.45, 7) is 0. The molecule has 0 spiro atoms. The lowest BCUT2D eigenvalue weighted by atomic mass is 10.1. The van der Waals surface area contributed by atoms with Gasteiger partial charge in [0, 0.05) is 17.0 Å². The third-order valence-electron chi connectivity index (χ3n) is 4.18. The molecule has 0 saturated carbocycles. The molecule has 0 amide bonds. The molecule has 0 bridgehead atoms. The Morgan fingerprint density at radius 3 is 2.50 bits per heavy atom. The Balaban J connectivity index is 1.77. The highest BCUT2D eigenvalue weighted by Gasteiger charge is 2.21. The van der Waals surface area contributed by atoms with E-state index in [1.807, 2.05) is 0 Å². The van der Waals surface area contributed by atoms with Gasteiger partial charge in [-0.15, -0.1) is 0 Å². The average molecular weight is 342 g/mol. The second-order valence-electron chi connectivity index (χ2n) is 5.71. The number of hydrogen-bond acceptors (Lipinski definition) is 5. The molecule has 24 heavy (non-hydrogen) atoms. The van der Waals surface area contributed by atoms with Gasteiger partial charge >= 0.3 is 15.7 Å². The van der Waals surface area contributed by atoms with Gasteiger partial charge in [-0.25, -0.2) is 4.79 Å². The number of benzene rings is 2. The van der Waals surface area contributed by atoms with Crippen LogP contribution in [-0.2, 0) is 23.0 Å². The van der Waals surface area contributed by atoms with Crippen LogP contribution in [0, 0.1) is 0 Å². The minimum atomic E-state index is -3.92. The summed E-state index contributed by atoms with van der Waals surface area (Å²) in [4.78, 5) is 12.1. The van der Waals surface area contributed by atoms with E-state index in [2.05, 4.69) is 0 Å². The predicted octanol–water partition coefficient (Wildman–Crippen LogP) is 3.05. The minimum absolute atomic E-state index is 0.0699. The summed E-state index contributed by atoms with van der Waals surface area (Å²) in [5.41, 5.74) is 1.73. The number of fused-ring (bicyclic) bond motifs is 3. The zero-order chi connectivity index (χ0) is 16.7. The molecule has 2 aromatic carbocycles. The molecule has 1 aliphatic carbocycles. The van der Waals surface area contributed by atoms with E-state index in [1.165, 1.54) is 18.2 Å². The molecule has 0 unspecified atom stereocenters. The van der Waals surface area contributed by atoms with Crippen molar-refractivity contribution >= 4 is 21.1 Å². The summed E-state index contributed by atoms with van der Waals surface area (Å²) < 4.78 is 35.1. The van der Waals surface area contributed by atoms with Gasteiger partial charge in [0.1, 0.15) is 16.2 Å². The minimum Gasteiger partial charge on any atom is -0.422 e.